The van der Waals surface area contributed by atoms with E-state index in [2.05, 4.69) is 36.1 Å². The van der Waals surface area contributed by atoms with Gasteiger partial charge in [-0.2, -0.15) is 5.10 Å². The van der Waals surface area contributed by atoms with Crippen molar-refractivity contribution in [2.24, 2.45) is 7.05 Å². The predicted molar refractivity (Wildman–Crippen MR) is 63.5 cm³/mol. The topological polar surface area (TPSA) is 33.1 Å². The van der Waals surface area contributed by atoms with Crippen LogP contribution in [-0.2, 0) is 7.05 Å². The highest BCUT2D eigenvalue weighted by molar-refractivity contribution is 5.71. The third-order valence-corrected chi connectivity index (χ3v) is 3.24. The Balaban J connectivity index is 2.41. The molecule has 2 rings (SSSR count). The smallest absolute Gasteiger partial charge is 0.150 e. The molecule has 1 aromatic rings. The summed E-state index contributed by atoms with van der Waals surface area (Å²) >= 11 is 0. The van der Waals surface area contributed by atoms with Gasteiger partial charge < -0.3 is 10.2 Å². The lowest BCUT2D eigenvalue weighted by atomic mass is 10.2. The molecular weight excluding hydrogens is 188 g/mol. The van der Waals surface area contributed by atoms with Crippen molar-refractivity contribution < 1.29 is 0 Å². The number of nitrogens with zero attached hydrogens (tertiary/aromatic N) is 3. The van der Waals surface area contributed by atoms with Gasteiger partial charge in [0.05, 0.1) is 5.69 Å². The monoisotopic (exact) mass is 208 g/mol. The first-order valence-electron chi connectivity index (χ1n) is 5.69. The van der Waals surface area contributed by atoms with E-state index in [0.717, 1.165) is 18.8 Å². The summed E-state index contributed by atoms with van der Waals surface area (Å²) in [5, 5.41) is 7.91. The number of hydrogen-bond acceptors (Lipinski definition) is 3. The summed E-state index contributed by atoms with van der Waals surface area (Å²) in [6.07, 6.45) is 1.17. The van der Waals surface area contributed by atoms with Crippen molar-refractivity contribution in [2.75, 3.05) is 23.3 Å². The summed E-state index contributed by atoms with van der Waals surface area (Å²) in [6, 6.07) is 0.584. The van der Waals surface area contributed by atoms with Crippen LogP contribution in [0.2, 0.25) is 0 Å². The van der Waals surface area contributed by atoms with E-state index in [-0.39, 0.29) is 0 Å². The molecule has 15 heavy (non-hydrogen) atoms. The van der Waals surface area contributed by atoms with Crippen molar-refractivity contribution in [1.29, 1.82) is 0 Å². The SMILES string of the molecule is CCC(C)N1CCNc2c(C)nn(C)c21. The van der Waals surface area contributed by atoms with Crippen molar-refractivity contribution in [2.45, 2.75) is 33.2 Å². The van der Waals surface area contributed by atoms with Gasteiger partial charge >= 0.3 is 0 Å². The van der Waals surface area contributed by atoms with Gasteiger partial charge in [-0.1, -0.05) is 6.92 Å². The summed E-state index contributed by atoms with van der Waals surface area (Å²) in [7, 11) is 2.02. The maximum atomic E-state index is 4.47. The lowest BCUT2D eigenvalue weighted by molar-refractivity contribution is 0.588. The van der Waals surface area contributed by atoms with Crippen LogP contribution >= 0.6 is 0 Å². The summed E-state index contributed by atoms with van der Waals surface area (Å²) in [5.74, 6) is 1.24. The summed E-state index contributed by atoms with van der Waals surface area (Å²) in [6.45, 7) is 8.66. The Morgan fingerprint density at radius 3 is 2.93 bits per heavy atom. The molecule has 1 aromatic heterocycles. The Morgan fingerprint density at radius 1 is 1.53 bits per heavy atom. The van der Waals surface area contributed by atoms with E-state index in [1.807, 2.05) is 11.7 Å². The third kappa shape index (κ3) is 1.58. The van der Waals surface area contributed by atoms with Gasteiger partial charge in [0.25, 0.3) is 0 Å². The van der Waals surface area contributed by atoms with Crippen LogP contribution in [0.1, 0.15) is 26.0 Å². The molecule has 84 valence electrons. The van der Waals surface area contributed by atoms with E-state index in [4.69, 9.17) is 0 Å². The molecule has 1 aliphatic heterocycles. The maximum Gasteiger partial charge on any atom is 0.150 e. The van der Waals surface area contributed by atoms with Gasteiger partial charge in [-0.05, 0) is 20.3 Å². The quantitative estimate of drug-likeness (QED) is 0.804. The highest BCUT2D eigenvalue weighted by atomic mass is 15.4. The second kappa shape index (κ2) is 3.76. The molecule has 1 atom stereocenters. The predicted octanol–water partition coefficient (Wildman–Crippen LogP) is 1.76. The van der Waals surface area contributed by atoms with Crippen molar-refractivity contribution in [3.63, 3.8) is 0 Å². The van der Waals surface area contributed by atoms with Gasteiger partial charge in [0, 0.05) is 26.2 Å². The Bertz CT molecular complexity index is 356. The van der Waals surface area contributed by atoms with E-state index in [9.17, 15) is 0 Å². The van der Waals surface area contributed by atoms with E-state index in [1.54, 1.807) is 0 Å². The van der Waals surface area contributed by atoms with Crippen LogP contribution in [0.25, 0.3) is 0 Å². The number of nitrogens with one attached hydrogen (secondary N) is 1. The molecule has 0 fully saturated rings. The summed E-state index contributed by atoms with van der Waals surface area (Å²) in [4.78, 5) is 2.45. The largest absolute Gasteiger partial charge is 0.379 e. The fraction of sp³-hybridized carbons (Fsp3) is 0.727. The number of anilines is 2. The zero-order valence-corrected chi connectivity index (χ0v) is 10.0. The summed E-state index contributed by atoms with van der Waals surface area (Å²) in [5.41, 5.74) is 2.31. The van der Waals surface area contributed by atoms with Gasteiger partial charge in [-0.15, -0.1) is 0 Å². The lowest BCUT2D eigenvalue weighted by Crippen LogP contribution is -2.41. The highest BCUT2D eigenvalue weighted by Crippen LogP contribution is 2.32. The average Bonchev–Trinajstić information content (AvgIpc) is 2.54. The molecule has 0 amide bonds. The Kier molecular flexibility index (Phi) is 2.59. The molecule has 2 heterocycles. The van der Waals surface area contributed by atoms with Crippen LogP contribution < -0.4 is 10.2 Å². The van der Waals surface area contributed by atoms with E-state index < -0.39 is 0 Å². The maximum absolute atomic E-state index is 4.47. The van der Waals surface area contributed by atoms with Crippen molar-refractivity contribution in [3.8, 4) is 0 Å². The first kappa shape index (κ1) is 10.3. The first-order chi connectivity index (χ1) is 7.15. The summed E-state index contributed by atoms with van der Waals surface area (Å²) < 4.78 is 1.99. The number of aryl methyl sites for hydroxylation is 2. The Labute approximate surface area is 91.3 Å². The zero-order chi connectivity index (χ0) is 11.0. The van der Waals surface area contributed by atoms with Crippen LogP contribution in [0.4, 0.5) is 11.5 Å². The normalized spacial score (nSPS) is 17.2. The van der Waals surface area contributed by atoms with Crippen molar-refractivity contribution >= 4 is 11.5 Å². The molecular formula is C11H20N4. The van der Waals surface area contributed by atoms with E-state index in [1.165, 1.54) is 17.9 Å². The molecule has 4 nitrogen and oxygen atoms in total. The molecule has 0 aromatic carbocycles. The Hall–Kier alpha value is -1.19. The fourth-order valence-corrected chi connectivity index (χ4v) is 2.24. The molecule has 0 saturated heterocycles. The van der Waals surface area contributed by atoms with Gasteiger partial charge in [0.1, 0.15) is 5.69 Å². The van der Waals surface area contributed by atoms with Crippen LogP contribution in [0.15, 0.2) is 0 Å². The molecule has 0 saturated carbocycles. The molecule has 0 spiro atoms. The number of aromatic nitrogens is 2. The van der Waals surface area contributed by atoms with Crippen LogP contribution in [0.3, 0.4) is 0 Å². The number of fused-ring (bicyclic) bond motifs is 1. The minimum absolute atomic E-state index is 0.584. The second-order valence-electron chi connectivity index (χ2n) is 4.29. The second-order valence-corrected chi connectivity index (χ2v) is 4.29. The van der Waals surface area contributed by atoms with E-state index >= 15 is 0 Å². The van der Waals surface area contributed by atoms with Gasteiger partial charge in [0.2, 0.25) is 0 Å². The average molecular weight is 208 g/mol. The highest BCUT2D eigenvalue weighted by Gasteiger charge is 2.25. The zero-order valence-electron chi connectivity index (χ0n) is 10.0. The van der Waals surface area contributed by atoms with Crippen molar-refractivity contribution in [1.82, 2.24) is 9.78 Å². The molecule has 4 heteroatoms. The molecule has 0 aliphatic carbocycles. The van der Waals surface area contributed by atoms with Gasteiger partial charge in [0.15, 0.2) is 5.82 Å². The molecule has 1 unspecified atom stereocenters. The minimum atomic E-state index is 0.584. The molecule has 0 bridgehead atoms. The number of hydrogen-bond donors (Lipinski definition) is 1. The van der Waals surface area contributed by atoms with Crippen molar-refractivity contribution in [3.05, 3.63) is 5.69 Å². The minimum Gasteiger partial charge on any atom is -0.379 e. The first-order valence-corrected chi connectivity index (χ1v) is 5.69. The van der Waals surface area contributed by atoms with Crippen LogP contribution in [0.5, 0.6) is 0 Å². The lowest BCUT2D eigenvalue weighted by Gasteiger charge is -2.35. The van der Waals surface area contributed by atoms with Gasteiger partial charge in [-0.3, -0.25) is 4.68 Å². The molecule has 1 aliphatic rings. The molecule has 1 N–H and O–H groups in total. The van der Waals surface area contributed by atoms with Gasteiger partial charge in [-0.25, -0.2) is 0 Å². The van der Waals surface area contributed by atoms with Crippen LogP contribution in [0, 0.1) is 6.92 Å². The third-order valence-electron chi connectivity index (χ3n) is 3.24. The standard InChI is InChI=1S/C11H20N4/c1-5-8(2)15-7-6-12-10-9(3)13-14(4)11(10)15/h8,12H,5-7H2,1-4H3. The number of rotatable bonds is 2. The molecule has 0 radical (unpaired) electrons. The Morgan fingerprint density at radius 2 is 2.27 bits per heavy atom. The van der Waals surface area contributed by atoms with Crippen LogP contribution in [-0.4, -0.2) is 28.9 Å². The fourth-order valence-electron chi connectivity index (χ4n) is 2.24. The van der Waals surface area contributed by atoms with E-state index in [0.29, 0.717) is 6.04 Å².